The molecule has 32 heavy (non-hydrogen) atoms. The Hall–Kier alpha value is -3.32. The Morgan fingerprint density at radius 3 is 2.69 bits per heavy atom. The molecule has 0 saturated carbocycles. The van der Waals surface area contributed by atoms with Crippen LogP contribution in [0.4, 0.5) is 5.69 Å². The SMILES string of the molecule is CCn1c(COc2ccc(C)cc2C)nnc1SCC(=O)Nc1cccc2ccccc12. The summed E-state index contributed by atoms with van der Waals surface area (Å²) >= 11 is 1.37. The third-order valence-corrected chi connectivity index (χ3v) is 6.16. The molecule has 0 spiro atoms. The summed E-state index contributed by atoms with van der Waals surface area (Å²) in [6.45, 7) is 7.15. The molecule has 1 amide bonds. The van der Waals surface area contributed by atoms with Gasteiger partial charge in [-0.1, -0.05) is 65.9 Å². The maximum absolute atomic E-state index is 12.6. The van der Waals surface area contributed by atoms with E-state index in [0.717, 1.165) is 33.6 Å². The fourth-order valence-corrected chi connectivity index (χ4v) is 4.43. The molecule has 0 aliphatic heterocycles. The van der Waals surface area contributed by atoms with Crippen LogP contribution in [0.25, 0.3) is 10.8 Å². The molecule has 0 bridgehead atoms. The number of ether oxygens (including phenoxy) is 1. The Labute approximate surface area is 192 Å². The summed E-state index contributed by atoms with van der Waals surface area (Å²) in [6.07, 6.45) is 0. The zero-order valence-electron chi connectivity index (χ0n) is 18.5. The maximum atomic E-state index is 12.6. The topological polar surface area (TPSA) is 69.0 Å². The molecule has 0 fully saturated rings. The Morgan fingerprint density at radius 2 is 1.88 bits per heavy atom. The smallest absolute Gasteiger partial charge is 0.234 e. The van der Waals surface area contributed by atoms with Crippen LogP contribution in [0.15, 0.2) is 65.8 Å². The molecule has 4 rings (SSSR count). The number of benzene rings is 3. The Bertz CT molecular complexity index is 1250. The number of aromatic nitrogens is 3. The summed E-state index contributed by atoms with van der Waals surface area (Å²) in [5.74, 6) is 1.75. The van der Waals surface area contributed by atoms with Gasteiger partial charge in [-0.2, -0.15) is 0 Å². The van der Waals surface area contributed by atoms with E-state index >= 15 is 0 Å². The van der Waals surface area contributed by atoms with Crippen LogP contribution in [0.2, 0.25) is 0 Å². The van der Waals surface area contributed by atoms with Crippen LogP contribution in [0.5, 0.6) is 5.75 Å². The molecule has 0 saturated heterocycles. The minimum atomic E-state index is -0.0786. The highest BCUT2D eigenvalue weighted by Gasteiger charge is 2.15. The summed E-state index contributed by atoms with van der Waals surface area (Å²) in [7, 11) is 0. The number of anilines is 1. The Kier molecular flexibility index (Phi) is 6.75. The molecule has 4 aromatic rings. The van der Waals surface area contributed by atoms with Crippen molar-refractivity contribution in [2.24, 2.45) is 0 Å². The highest BCUT2D eigenvalue weighted by molar-refractivity contribution is 7.99. The normalized spacial score (nSPS) is 11.0. The van der Waals surface area contributed by atoms with Gasteiger partial charge in [-0.05, 0) is 43.9 Å². The van der Waals surface area contributed by atoms with Crippen molar-refractivity contribution in [2.75, 3.05) is 11.1 Å². The van der Waals surface area contributed by atoms with Gasteiger partial charge in [0, 0.05) is 17.6 Å². The first-order valence-corrected chi connectivity index (χ1v) is 11.6. The highest BCUT2D eigenvalue weighted by atomic mass is 32.2. The van der Waals surface area contributed by atoms with Crippen molar-refractivity contribution < 1.29 is 9.53 Å². The summed E-state index contributed by atoms with van der Waals surface area (Å²) in [4.78, 5) is 12.6. The number of nitrogens with one attached hydrogen (secondary N) is 1. The van der Waals surface area contributed by atoms with Crippen molar-refractivity contribution in [3.63, 3.8) is 0 Å². The van der Waals surface area contributed by atoms with Gasteiger partial charge in [0.25, 0.3) is 0 Å². The van der Waals surface area contributed by atoms with E-state index in [9.17, 15) is 4.79 Å². The van der Waals surface area contributed by atoms with E-state index in [2.05, 4.69) is 28.5 Å². The number of amides is 1. The van der Waals surface area contributed by atoms with E-state index in [0.29, 0.717) is 18.3 Å². The van der Waals surface area contributed by atoms with Crippen molar-refractivity contribution >= 4 is 34.1 Å². The number of nitrogens with zero attached hydrogens (tertiary/aromatic N) is 3. The average Bonchev–Trinajstić information content (AvgIpc) is 3.19. The Balaban J connectivity index is 1.39. The van der Waals surface area contributed by atoms with Crippen LogP contribution in [0, 0.1) is 13.8 Å². The fourth-order valence-electron chi connectivity index (χ4n) is 3.60. The lowest BCUT2D eigenvalue weighted by molar-refractivity contribution is -0.113. The number of aryl methyl sites for hydroxylation is 2. The second-order valence-electron chi connectivity index (χ2n) is 7.56. The van der Waals surface area contributed by atoms with E-state index < -0.39 is 0 Å². The second-order valence-corrected chi connectivity index (χ2v) is 8.51. The number of rotatable bonds is 8. The molecule has 0 aliphatic rings. The molecular formula is C25H26N4O2S. The van der Waals surface area contributed by atoms with Crippen LogP contribution in [0.1, 0.15) is 23.9 Å². The quantitative estimate of drug-likeness (QED) is 0.368. The van der Waals surface area contributed by atoms with Crippen molar-refractivity contribution in [1.29, 1.82) is 0 Å². The minimum Gasteiger partial charge on any atom is -0.485 e. The van der Waals surface area contributed by atoms with Crippen LogP contribution in [-0.2, 0) is 17.9 Å². The summed E-state index contributed by atoms with van der Waals surface area (Å²) < 4.78 is 7.95. The lowest BCUT2D eigenvalue weighted by Crippen LogP contribution is -2.15. The molecule has 0 atom stereocenters. The van der Waals surface area contributed by atoms with Gasteiger partial charge < -0.3 is 14.6 Å². The number of hydrogen-bond donors (Lipinski definition) is 1. The molecule has 3 aromatic carbocycles. The van der Waals surface area contributed by atoms with Crippen molar-refractivity contribution in [3.8, 4) is 5.75 Å². The van der Waals surface area contributed by atoms with Gasteiger partial charge in [0.1, 0.15) is 12.4 Å². The number of thioether (sulfide) groups is 1. The van der Waals surface area contributed by atoms with E-state index in [1.807, 2.05) is 73.0 Å². The first-order valence-electron chi connectivity index (χ1n) is 10.6. The molecule has 0 unspecified atom stereocenters. The number of carbonyl (C=O) groups is 1. The van der Waals surface area contributed by atoms with Crippen molar-refractivity contribution in [2.45, 2.75) is 39.1 Å². The lowest BCUT2D eigenvalue weighted by Gasteiger charge is -2.11. The van der Waals surface area contributed by atoms with Gasteiger partial charge >= 0.3 is 0 Å². The predicted molar refractivity (Wildman–Crippen MR) is 129 cm³/mol. The van der Waals surface area contributed by atoms with E-state index in [4.69, 9.17) is 4.74 Å². The molecular weight excluding hydrogens is 420 g/mol. The van der Waals surface area contributed by atoms with E-state index in [1.54, 1.807) is 0 Å². The fraction of sp³-hybridized carbons (Fsp3) is 0.240. The molecule has 1 N–H and O–H groups in total. The monoisotopic (exact) mass is 446 g/mol. The zero-order chi connectivity index (χ0) is 22.5. The van der Waals surface area contributed by atoms with Gasteiger partial charge in [0.05, 0.1) is 5.75 Å². The summed E-state index contributed by atoms with van der Waals surface area (Å²) in [6, 6.07) is 20.0. The molecule has 164 valence electrons. The summed E-state index contributed by atoms with van der Waals surface area (Å²) in [5.41, 5.74) is 3.10. The molecule has 1 aromatic heterocycles. The first kappa shape index (κ1) is 21.9. The minimum absolute atomic E-state index is 0.0786. The van der Waals surface area contributed by atoms with Crippen LogP contribution >= 0.6 is 11.8 Å². The standard InChI is InChI=1S/C25H26N4O2S/c1-4-29-23(15-31-22-13-12-17(2)14-18(22)3)27-28-25(29)32-16-24(30)26-21-11-7-9-19-8-5-6-10-20(19)21/h5-14H,4,15-16H2,1-3H3,(H,26,30). The van der Waals surface area contributed by atoms with Gasteiger partial charge in [-0.3, -0.25) is 4.79 Å². The maximum Gasteiger partial charge on any atom is 0.234 e. The first-order chi connectivity index (χ1) is 15.5. The molecule has 7 heteroatoms. The number of carbonyl (C=O) groups excluding carboxylic acids is 1. The summed E-state index contributed by atoms with van der Waals surface area (Å²) in [5, 5.41) is 14.4. The van der Waals surface area contributed by atoms with E-state index in [-0.39, 0.29) is 11.7 Å². The average molecular weight is 447 g/mol. The van der Waals surface area contributed by atoms with E-state index in [1.165, 1.54) is 17.3 Å². The Morgan fingerprint density at radius 1 is 1.06 bits per heavy atom. The molecule has 1 heterocycles. The molecule has 0 aliphatic carbocycles. The van der Waals surface area contributed by atoms with Gasteiger partial charge in [-0.15, -0.1) is 10.2 Å². The highest BCUT2D eigenvalue weighted by Crippen LogP contribution is 2.24. The zero-order valence-corrected chi connectivity index (χ0v) is 19.3. The second kappa shape index (κ2) is 9.87. The lowest BCUT2D eigenvalue weighted by atomic mass is 10.1. The molecule has 0 radical (unpaired) electrons. The van der Waals surface area contributed by atoms with Gasteiger partial charge in [0.15, 0.2) is 11.0 Å². The third kappa shape index (κ3) is 4.94. The van der Waals surface area contributed by atoms with Gasteiger partial charge in [-0.25, -0.2) is 0 Å². The van der Waals surface area contributed by atoms with Crippen LogP contribution in [0.3, 0.4) is 0 Å². The molecule has 6 nitrogen and oxygen atoms in total. The van der Waals surface area contributed by atoms with Crippen molar-refractivity contribution in [3.05, 3.63) is 77.6 Å². The predicted octanol–water partition coefficient (Wildman–Crippen LogP) is 5.38. The third-order valence-electron chi connectivity index (χ3n) is 5.19. The largest absolute Gasteiger partial charge is 0.485 e. The van der Waals surface area contributed by atoms with Crippen LogP contribution in [-0.4, -0.2) is 26.4 Å². The number of hydrogen-bond acceptors (Lipinski definition) is 5. The number of fused-ring (bicyclic) bond motifs is 1. The van der Waals surface area contributed by atoms with Crippen LogP contribution < -0.4 is 10.1 Å². The van der Waals surface area contributed by atoms with Gasteiger partial charge in [0.2, 0.25) is 5.91 Å². The van der Waals surface area contributed by atoms with Crippen molar-refractivity contribution in [1.82, 2.24) is 14.8 Å².